The van der Waals surface area contributed by atoms with Gasteiger partial charge in [0, 0.05) is 13.7 Å². The summed E-state index contributed by atoms with van der Waals surface area (Å²) >= 11 is 0. The van der Waals surface area contributed by atoms with Crippen molar-refractivity contribution < 1.29 is 23.1 Å². The van der Waals surface area contributed by atoms with E-state index >= 15 is 0 Å². The molecule has 1 fully saturated rings. The maximum Gasteiger partial charge on any atom is 0.335 e. The van der Waals surface area contributed by atoms with Crippen molar-refractivity contribution >= 4 is 16.0 Å². The van der Waals surface area contributed by atoms with Crippen molar-refractivity contribution in [3.8, 4) is 0 Å². The van der Waals surface area contributed by atoms with Gasteiger partial charge in [-0.3, -0.25) is 0 Å². The third-order valence-electron chi connectivity index (χ3n) is 3.79. The smallest absolute Gasteiger partial charge is 0.335 e. The minimum atomic E-state index is -3.46. The van der Waals surface area contributed by atoms with Crippen LogP contribution in [0.25, 0.3) is 0 Å². The fourth-order valence-electron chi connectivity index (χ4n) is 2.46. The van der Waals surface area contributed by atoms with Crippen LogP contribution in [0.2, 0.25) is 0 Å². The van der Waals surface area contributed by atoms with Gasteiger partial charge in [-0.1, -0.05) is 12.1 Å². The maximum atomic E-state index is 12.4. The molecule has 6 nitrogen and oxygen atoms in total. The van der Waals surface area contributed by atoms with Crippen LogP contribution in [0.4, 0.5) is 0 Å². The van der Waals surface area contributed by atoms with Gasteiger partial charge in [0.1, 0.15) is 0 Å². The first-order valence-corrected chi connectivity index (χ1v) is 8.32. The molecule has 0 radical (unpaired) electrons. The zero-order valence-corrected chi connectivity index (χ0v) is 12.8. The van der Waals surface area contributed by atoms with Crippen molar-refractivity contribution in [2.24, 2.45) is 0 Å². The van der Waals surface area contributed by atoms with Crippen molar-refractivity contribution in [3.05, 3.63) is 35.4 Å². The molecule has 0 bridgehead atoms. The average molecular weight is 313 g/mol. The van der Waals surface area contributed by atoms with Gasteiger partial charge in [0.15, 0.2) is 0 Å². The minimum absolute atomic E-state index is 0.112. The van der Waals surface area contributed by atoms with Gasteiger partial charge in [-0.15, -0.1) is 0 Å². The lowest BCUT2D eigenvalue weighted by Crippen LogP contribution is -2.41. The van der Waals surface area contributed by atoms with Gasteiger partial charge >= 0.3 is 5.97 Å². The first kappa shape index (κ1) is 15.9. The van der Waals surface area contributed by atoms with Gasteiger partial charge in [-0.05, 0) is 31.0 Å². The van der Waals surface area contributed by atoms with Crippen molar-refractivity contribution in [2.45, 2.75) is 31.2 Å². The Morgan fingerprint density at radius 2 is 2.00 bits per heavy atom. The molecule has 1 N–H and O–H groups in total. The van der Waals surface area contributed by atoms with E-state index in [1.165, 1.54) is 28.6 Å². The summed E-state index contributed by atoms with van der Waals surface area (Å²) < 4.78 is 31.6. The van der Waals surface area contributed by atoms with Crippen molar-refractivity contribution in [2.75, 3.05) is 13.7 Å². The summed E-state index contributed by atoms with van der Waals surface area (Å²) in [5.74, 6) is -1.18. The number of nitrogens with zero attached hydrogens (tertiary/aromatic N) is 1. The fraction of sp³-hybridized carbons (Fsp3) is 0.500. The molecule has 2 atom stereocenters. The number of sulfonamides is 1. The summed E-state index contributed by atoms with van der Waals surface area (Å²) in [7, 11) is -1.89. The number of carboxylic acid groups (broad SMARTS) is 1. The zero-order chi connectivity index (χ0) is 15.6. The van der Waals surface area contributed by atoms with Crippen LogP contribution in [-0.2, 0) is 20.5 Å². The van der Waals surface area contributed by atoms with E-state index in [4.69, 9.17) is 9.84 Å². The topological polar surface area (TPSA) is 83.9 Å². The fourth-order valence-corrected chi connectivity index (χ4v) is 3.97. The standard InChI is InChI=1S/C14H19NO5S/c1-10-13(7-8-20-10)15(2)21(18,19)9-11-3-5-12(6-4-11)14(16)17/h3-6,10,13H,7-9H2,1-2H3,(H,16,17). The summed E-state index contributed by atoms with van der Waals surface area (Å²) in [6, 6.07) is 5.74. The summed E-state index contributed by atoms with van der Waals surface area (Å²) in [4.78, 5) is 10.8. The normalized spacial score (nSPS) is 22.6. The summed E-state index contributed by atoms with van der Waals surface area (Å²) in [5, 5.41) is 8.83. The molecule has 1 heterocycles. The van der Waals surface area contributed by atoms with Crippen molar-refractivity contribution in [1.82, 2.24) is 4.31 Å². The Labute approximate surface area is 124 Å². The lowest BCUT2D eigenvalue weighted by Gasteiger charge is -2.26. The quantitative estimate of drug-likeness (QED) is 0.886. The SMILES string of the molecule is CC1OCCC1N(C)S(=O)(=O)Cc1ccc(C(=O)O)cc1. The monoisotopic (exact) mass is 313 g/mol. The Morgan fingerprint density at radius 3 is 2.48 bits per heavy atom. The third kappa shape index (κ3) is 3.61. The molecule has 1 aliphatic heterocycles. The second-order valence-electron chi connectivity index (χ2n) is 5.21. The first-order chi connectivity index (χ1) is 9.81. The number of rotatable bonds is 5. The second-order valence-corrected chi connectivity index (χ2v) is 7.23. The maximum absolute atomic E-state index is 12.4. The second kappa shape index (κ2) is 6.13. The molecular formula is C14H19NO5S. The lowest BCUT2D eigenvalue weighted by atomic mass is 10.1. The highest BCUT2D eigenvalue weighted by atomic mass is 32.2. The molecule has 0 saturated carbocycles. The Balaban J connectivity index is 2.11. The summed E-state index contributed by atoms with van der Waals surface area (Å²) in [6.07, 6.45) is 0.577. The van der Waals surface area contributed by atoms with Crippen LogP contribution in [0.3, 0.4) is 0 Å². The number of hydrogen-bond donors (Lipinski definition) is 1. The molecule has 0 spiro atoms. The van der Waals surface area contributed by atoms with Crippen LogP contribution in [0.5, 0.6) is 0 Å². The Kier molecular flexibility index (Phi) is 4.65. The number of ether oxygens (including phenoxy) is 1. The summed E-state index contributed by atoms with van der Waals surface area (Å²) in [5.41, 5.74) is 0.709. The van der Waals surface area contributed by atoms with Gasteiger partial charge in [0.2, 0.25) is 10.0 Å². The molecule has 0 amide bonds. The van der Waals surface area contributed by atoms with Gasteiger partial charge in [0.25, 0.3) is 0 Å². The summed E-state index contributed by atoms with van der Waals surface area (Å²) in [6.45, 7) is 2.43. The minimum Gasteiger partial charge on any atom is -0.478 e. The van der Waals surface area contributed by atoms with Crippen molar-refractivity contribution in [3.63, 3.8) is 0 Å². The van der Waals surface area contributed by atoms with E-state index in [-0.39, 0.29) is 23.5 Å². The predicted octanol–water partition coefficient (Wildman–Crippen LogP) is 1.32. The van der Waals surface area contributed by atoms with Gasteiger partial charge in [-0.25, -0.2) is 13.2 Å². The number of likely N-dealkylation sites (N-methyl/N-ethyl adjacent to an activating group) is 1. The molecule has 1 saturated heterocycles. The number of benzene rings is 1. The van der Waals surface area contributed by atoms with Crippen LogP contribution in [0, 0.1) is 0 Å². The highest BCUT2D eigenvalue weighted by Crippen LogP contribution is 2.22. The first-order valence-electron chi connectivity index (χ1n) is 6.71. The molecule has 21 heavy (non-hydrogen) atoms. The van der Waals surface area contributed by atoms with E-state index in [2.05, 4.69) is 0 Å². The average Bonchev–Trinajstić information content (AvgIpc) is 2.84. The molecule has 2 rings (SSSR count). The molecular weight excluding hydrogens is 294 g/mol. The Hall–Kier alpha value is -1.44. The molecule has 116 valence electrons. The van der Waals surface area contributed by atoms with Crippen molar-refractivity contribution in [1.29, 1.82) is 0 Å². The number of carboxylic acids is 1. The van der Waals surface area contributed by atoms with E-state index < -0.39 is 16.0 Å². The number of carbonyl (C=O) groups is 1. The van der Waals surface area contributed by atoms with Crippen LogP contribution >= 0.6 is 0 Å². The third-order valence-corrected chi connectivity index (χ3v) is 5.64. The Morgan fingerprint density at radius 1 is 1.38 bits per heavy atom. The van der Waals surface area contributed by atoms with Gasteiger partial charge < -0.3 is 9.84 Å². The van der Waals surface area contributed by atoms with Crippen LogP contribution < -0.4 is 0 Å². The number of aromatic carboxylic acids is 1. The van der Waals surface area contributed by atoms with E-state index in [9.17, 15) is 13.2 Å². The highest BCUT2D eigenvalue weighted by molar-refractivity contribution is 7.88. The molecule has 1 aromatic carbocycles. The molecule has 1 aliphatic rings. The molecule has 7 heteroatoms. The predicted molar refractivity (Wildman–Crippen MR) is 77.6 cm³/mol. The molecule has 1 aromatic rings. The van der Waals surface area contributed by atoms with E-state index in [1.807, 2.05) is 6.92 Å². The van der Waals surface area contributed by atoms with Crippen LogP contribution in [0.15, 0.2) is 24.3 Å². The van der Waals surface area contributed by atoms with E-state index in [0.717, 1.165) is 0 Å². The lowest BCUT2D eigenvalue weighted by molar-refractivity contribution is 0.0697. The van der Waals surface area contributed by atoms with Crippen LogP contribution in [-0.4, -0.2) is 49.6 Å². The van der Waals surface area contributed by atoms with Gasteiger partial charge in [-0.2, -0.15) is 4.31 Å². The molecule has 2 unspecified atom stereocenters. The van der Waals surface area contributed by atoms with E-state index in [1.54, 1.807) is 7.05 Å². The highest BCUT2D eigenvalue weighted by Gasteiger charge is 2.34. The largest absolute Gasteiger partial charge is 0.478 e. The van der Waals surface area contributed by atoms with E-state index in [0.29, 0.717) is 18.6 Å². The molecule has 0 aliphatic carbocycles. The number of hydrogen-bond acceptors (Lipinski definition) is 4. The zero-order valence-electron chi connectivity index (χ0n) is 12.0. The Bertz CT molecular complexity index is 611. The van der Waals surface area contributed by atoms with Crippen LogP contribution in [0.1, 0.15) is 29.3 Å². The molecule has 0 aromatic heterocycles. The van der Waals surface area contributed by atoms with Gasteiger partial charge in [0.05, 0.1) is 23.5 Å².